The highest BCUT2D eigenvalue weighted by Crippen LogP contribution is 2.39. The molecule has 20 heavy (non-hydrogen) atoms. The fraction of sp³-hybridized carbons (Fsp3) is 0.471. The molecule has 106 valence electrons. The fourth-order valence-corrected chi connectivity index (χ4v) is 3.03. The molecule has 3 rings (SSSR count). The van der Waals surface area contributed by atoms with Crippen molar-refractivity contribution < 1.29 is 4.42 Å². The van der Waals surface area contributed by atoms with E-state index in [1.165, 1.54) is 24.9 Å². The Hall–Kier alpha value is -1.77. The SMILES string of the molecule is Cc1nc(-c2ccc(NC3CCCC3(C)C)cc2)co1. The molecule has 1 N–H and O–H groups in total. The van der Waals surface area contributed by atoms with E-state index < -0.39 is 0 Å². The summed E-state index contributed by atoms with van der Waals surface area (Å²) in [6.45, 7) is 6.57. The minimum Gasteiger partial charge on any atom is -0.449 e. The molecular formula is C17H22N2O. The lowest BCUT2D eigenvalue weighted by molar-refractivity contribution is 0.350. The maximum atomic E-state index is 5.26. The Bertz CT molecular complexity index is 583. The largest absolute Gasteiger partial charge is 0.449 e. The van der Waals surface area contributed by atoms with Crippen molar-refractivity contribution in [3.8, 4) is 11.3 Å². The molecule has 1 atom stereocenters. The molecule has 1 aromatic heterocycles. The van der Waals surface area contributed by atoms with Crippen LogP contribution in [0.25, 0.3) is 11.3 Å². The van der Waals surface area contributed by atoms with Crippen molar-refractivity contribution in [3.05, 3.63) is 36.4 Å². The lowest BCUT2D eigenvalue weighted by Crippen LogP contribution is -2.30. The van der Waals surface area contributed by atoms with Gasteiger partial charge >= 0.3 is 0 Å². The van der Waals surface area contributed by atoms with E-state index in [1.54, 1.807) is 6.26 Å². The van der Waals surface area contributed by atoms with E-state index in [2.05, 4.69) is 48.4 Å². The maximum Gasteiger partial charge on any atom is 0.191 e. The molecule has 1 fully saturated rings. The molecule has 1 aliphatic carbocycles. The van der Waals surface area contributed by atoms with Crippen molar-refractivity contribution >= 4 is 5.69 Å². The summed E-state index contributed by atoms with van der Waals surface area (Å²) < 4.78 is 5.26. The van der Waals surface area contributed by atoms with Crippen LogP contribution in [-0.2, 0) is 0 Å². The van der Waals surface area contributed by atoms with Crippen LogP contribution in [0.2, 0.25) is 0 Å². The van der Waals surface area contributed by atoms with Gasteiger partial charge in [0.15, 0.2) is 5.89 Å². The second kappa shape index (κ2) is 4.97. The predicted molar refractivity (Wildman–Crippen MR) is 81.7 cm³/mol. The van der Waals surface area contributed by atoms with E-state index in [1.807, 2.05) is 6.92 Å². The molecule has 1 unspecified atom stereocenters. The highest BCUT2D eigenvalue weighted by atomic mass is 16.3. The zero-order chi connectivity index (χ0) is 14.2. The van der Waals surface area contributed by atoms with Gasteiger partial charge in [0.05, 0.1) is 0 Å². The van der Waals surface area contributed by atoms with Crippen LogP contribution in [0.1, 0.15) is 39.0 Å². The highest BCUT2D eigenvalue weighted by molar-refractivity contribution is 5.62. The van der Waals surface area contributed by atoms with Gasteiger partial charge in [-0.3, -0.25) is 0 Å². The summed E-state index contributed by atoms with van der Waals surface area (Å²) >= 11 is 0. The monoisotopic (exact) mass is 270 g/mol. The Balaban J connectivity index is 1.73. The molecule has 2 aromatic rings. The van der Waals surface area contributed by atoms with Crippen LogP contribution in [0.15, 0.2) is 34.9 Å². The number of aromatic nitrogens is 1. The summed E-state index contributed by atoms with van der Waals surface area (Å²) in [7, 11) is 0. The first-order chi connectivity index (χ1) is 9.54. The molecule has 1 heterocycles. The Morgan fingerprint density at radius 3 is 2.55 bits per heavy atom. The number of hydrogen-bond donors (Lipinski definition) is 1. The third-order valence-electron chi connectivity index (χ3n) is 4.40. The van der Waals surface area contributed by atoms with Crippen LogP contribution in [-0.4, -0.2) is 11.0 Å². The summed E-state index contributed by atoms with van der Waals surface area (Å²) in [5.41, 5.74) is 3.57. The van der Waals surface area contributed by atoms with Gasteiger partial charge in [0.2, 0.25) is 0 Å². The van der Waals surface area contributed by atoms with Crippen LogP contribution < -0.4 is 5.32 Å². The molecule has 0 radical (unpaired) electrons. The number of hydrogen-bond acceptors (Lipinski definition) is 3. The molecule has 3 heteroatoms. The predicted octanol–water partition coefficient (Wildman–Crippen LogP) is 4.64. The third kappa shape index (κ3) is 2.58. The second-order valence-corrected chi connectivity index (χ2v) is 6.41. The standard InChI is InChI=1S/C17H22N2O/c1-12-18-15(11-20-12)13-6-8-14(9-7-13)19-16-5-4-10-17(16,2)3/h6-9,11,16,19H,4-5,10H2,1-3H3. The number of nitrogens with zero attached hydrogens (tertiary/aromatic N) is 1. The summed E-state index contributed by atoms with van der Waals surface area (Å²) in [6.07, 6.45) is 5.59. The lowest BCUT2D eigenvalue weighted by atomic mass is 9.87. The quantitative estimate of drug-likeness (QED) is 0.882. The highest BCUT2D eigenvalue weighted by Gasteiger charge is 2.34. The van der Waals surface area contributed by atoms with E-state index in [9.17, 15) is 0 Å². The Morgan fingerprint density at radius 1 is 1.25 bits per heavy atom. The summed E-state index contributed by atoms with van der Waals surface area (Å²) in [5, 5.41) is 3.67. The second-order valence-electron chi connectivity index (χ2n) is 6.41. The lowest BCUT2D eigenvalue weighted by Gasteiger charge is -2.28. The first-order valence-corrected chi connectivity index (χ1v) is 7.34. The van der Waals surface area contributed by atoms with Crippen molar-refractivity contribution in [1.29, 1.82) is 0 Å². The number of rotatable bonds is 3. The molecular weight excluding hydrogens is 248 g/mol. The fourth-order valence-electron chi connectivity index (χ4n) is 3.03. The van der Waals surface area contributed by atoms with E-state index in [0.717, 1.165) is 11.3 Å². The average Bonchev–Trinajstić information content (AvgIpc) is 2.97. The van der Waals surface area contributed by atoms with E-state index in [4.69, 9.17) is 4.42 Å². The van der Waals surface area contributed by atoms with Crippen molar-refractivity contribution in [1.82, 2.24) is 4.98 Å². The van der Waals surface area contributed by atoms with Crippen LogP contribution in [0.5, 0.6) is 0 Å². The zero-order valence-corrected chi connectivity index (χ0v) is 12.4. The van der Waals surface area contributed by atoms with Crippen LogP contribution >= 0.6 is 0 Å². The molecule has 3 nitrogen and oxygen atoms in total. The molecule has 1 saturated carbocycles. The first-order valence-electron chi connectivity index (χ1n) is 7.34. The first kappa shape index (κ1) is 13.2. The Kier molecular flexibility index (Phi) is 3.28. The van der Waals surface area contributed by atoms with Gasteiger partial charge in [-0.2, -0.15) is 0 Å². The van der Waals surface area contributed by atoms with Crippen molar-refractivity contribution in [2.24, 2.45) is 5.41 Å². The van der Waals surface area contributed by atoms with Gasteiger partial charge in [-0.05, 0) is 30.4 Å². The molecule has 0 aliphatic heterocycles. The molecule has 0 spiro atoms. The molecule has 0 bridgehead atoms. The topological polar surface area (TPSA) is 38.1 Å². The molecule has 1 aromatic carbocycles. The molecule has 0 saturated heterocycles. The average molecular weight is 270 g/mol. The minimum absolute atomic E-state index is 0.391. The van der Waals surface area contributed by atoms with E-state index >= 15 is 0 Å². The van der Waals surface area contributed by atoms with Gasteiger partial charge in [0.1, 0.15) is 12.0 Å². The van der Waals surface area contributed by atoms with Crippen molar-refractivity contribution in [2.75, 3.05) is 5.32 Å². The van der Waals surface area contributed by atoms with Crippen LogP contribution in [0.4, 0.5) is 5.69 Å². The van der Waals surface area contributed by atoms with Gasteiger partial charge in [0, 0.05) is 24.2 Å². The van der Waals surface area contributed by atoms with Crippen molar-refractivity contribution in [3.63, 3.8) is 0 Å². The molecule has 0 amide bonds. The van der Waals surface area contributed by atoms with Crippen molar-refractivity contribution in [2.45, 2.75) is 46.1 Å². The number of anilines is 1. The normalized spacial score (nSPS) is 21.1. The maximum absolute atomic E-state index is 5.26. The molecule has 1 aliphatic rings. The van der Waals surface area contributed by atoms with E-state index in [0.29, 0.717) is 17.3 Å². The number of benzene rings is 1. The minimum atomic E-state index is 0.391. The number of nitrogens with one attached hydrogen (secondary N) is 1. The number of aryl methyl sites for hydroxylation is 1. The number of oxazole rings is 1. The van der Waals surface area contributed by atoms with Crippen LogP contribution in [0, 0.1) is 12.3 Å². The Labute approximate surface area is 120 Å². The smallest absolute Gasteiger partial charge is 0.191 e. The van der Waals surface area contributed by atoms with Gasteiger partial charge in [0.25, 0.3) is 0 Å². The van der Waals surface area contributed by atoms with E-state index in [-0.39, 0.29) is 0 Å². The Morgan fingerprint density at radius 2 is 2.00 bits per heavy atom. The van der Waals surface area contributed by atoms with Gasteiger partial charge in [-0.15, -0.1) is 0 Å². The summed E-state index contributed by atoms with van der Waals surface area (Å²) in [4.78, 5) is 4.35. The summed E-state index contributed by atoms with van der Waals surface area (Å²) in [6, 6.07) is 9.03. The summed E-state index contributed by atoms with van der Waals surface area (Å²) in [5.74, 6) is 0.704. The van der Waals surface area contributed by atoms with Crippen LogP contribution in [0.3, 0.4) is 0 Å². The zero-order valence-electron chi connectivity index (χ0n) is 12.4. The van der Waals surface area contributed by atoms with Gasteiger partial charge < -0.3 is 9.73 Å². The van der Waals surface area contributed by atoms with Gasteiger partial charge in [-0.25, -0.2) is 4.98 Å². The van der Waals surface area contributed by atoms with Gasteiger partial charge in [-0.1, -0.05) is 32.4 Å². The third-order valence-corrected chi connectivity index (χ3v) is 4.40.